The Morgan fingerprint density at radius 1 is 1.35 bits per heavy atom. The molecule has 0 spiro atoms. The number of carbonyl (C=O) groups is 2. The lowest BCUT2D eigenvalue weighted by Crippen LogP contribution is -2.40. The summed E-state index contributed by atoms with van der Waals surface area (Å²) in [5, 5.41) is 2.43. The minimum atomic E-state index is -1.33. The zero-order valence-corrected chi connectivity index (χ0v) is 11.0. The molecule has 1 fully saturated rings. The number of hydrogen-bond acceptors (Lipinski definition) is 3. The van der Waals surface area contributed by atoms with Crippen LogP contribution in [0, 0.1) is 17.6 Å². The maximum atomic E-state index is 13.7. The first-order valence-electron chi connectivity index (χ1n) is 6.36. The molecule has 108 valence electrons. The van der Waals surface area contributed by atoms with Gasteiger partial charge in [0.25, 0.3) is 0 Å². The number of methoxy groups -OCH3 is 1. The first-order chi connectivity index (χ1) is 9.52. The predicted molar refractivity (Wildman–Crippen MR) is 66.6 cm³/mol. The van der Waals surface area contributed by atoms with Crippen LogP contribution in [0.5, 0.6) is 0 Å². The van der Waals surface area contributed by atoms with E-state index in [2.05, 4.69) is 10.1 Å². The number of halogens is 2. The molecular formula is C14H15F2NO3. The van der Waals surface area contributed by atoms with Gasteiger partial charge >= 0.3 is 5.97 Å². The Morgan fingerprint density at radius 3 is 2.60 bits per heavy atom. The molecule has 1 aliphatic rings. The Morgan fingerprint density at radius 2 is 2.05 bits per heavy atom. The zero-order chi connectivity index (χ0) is 14.7. The Hall–Kier alpha value is -1.98. The van der Waals surface area contributed by atoms with Crippen LogP contribution >= 0.6 is 0 Å². The standard InChI is InChI=1S/C14H15F2NO3/c1-20-14(19)12(17-13(18)8-3-2-4-8)10-7-9(15)5-6-11(10)16/h5-8,12H,2-4H2,1H3,(H,17,18)/t12-/m1/s1. The molecule has 0 unspecified atom stereocenters. The highest BCUT2D eigenvalue weighted by Gasteiger charge is 2.32. The van der Waals surface area contributed by atoms with E-state index in [1.807, 2.05) is 0 Å². The van der Waals surface area contributed by atoms with Gasteiger partial charge in [0.05, 0.1) is 7.11 Å². The number of esters is 1. The Labute approximate surface area is 115 Å². The average Bonchev–Trinajstić information content (AvgIpc) is 2.36. The van der Waals surface area contributed by atoms with Crippen molar-refractivity contribution in [2.45, 2.75) is 25.3 Å². The molecule has 0 heterocycles. The summed E-state index contributed by atoms with van der Waals surface area (Å²) < 4.78 is 31.5. The fourth-order valence-electron chi connectivity index (χ4n) is 2.05. The SMILES string of the molecule is COC(=O)[C@H](NC(=O)C1CCC1)c1cc(F)ccc1F. The zero-order valence-electron chi connectivity index (χ0n) is 11.0. The molecule has 1 aliphatic carbocycles. The van der Waals surface area contributed by atoms with Crippen molar-refractivity contribution in [3.05, 3.63) is 35.4 Å². The van der Waals surface area contributed by atoms with Crippen molar-refractivity contribution in [1.29, 1.82) is 0 Å². The number of rotatable bonds is 4. The molecule has 6 heteroatoms. The van der Waals surface area contributed by atoms with Crippen LogP contribution in [-0.2, 0) is 14.3 Å². The van der Waals surface area contributed by atoms with Gasteiger partial charge in [-0.05, 0) is 31.0 Å². The summed E-state index contributed by atoms with van der Waals surface area (Å²) in [6.45, 7) is 0. The van der Waals surface area contributed by atoms with E-state index in [1.165, 1.54) is 0 Å². The highest BCUT2D eigenvalue weighted by atomic mass is 19.1. The molecule has 4 nitrogen and oxygen atoms in total. The molecule has 1 amide bonds. The van der Waals surface area contributed by atoms with Crippen molar-refractivity contribution in [2.75, 3.05) is 7.11 Å². The Bertz CT molecular complexity index is 529. The van der Waals surface area contributed by atoms with Gasteiger partial charge in [-0.2, -0.15) is 0 Å². The third-order valence-corrected chi connectivity index (χ3v) is 3.47. The number of ether oxygens (including phenoxy) is 1. The fourth-order valence-corrected chi connectivity index (χ4v) is 2.05. The van der Waals surface area contributed by atoms with Gasteiger partial charge in [-0.25, -0.2) is 13.6 Å². The van der Waals surface area contributed by atoms with Gasteiger partial charge in [-0.15, -0.1) is 0 Å². The Balaban J connectivity index is 2.24. The highest BCUT2D eigenvalue weighted by molar-refractivity contribution is 5.87. The molecule has 0 aromatic heterocycles. The lowest BCUT2D eigenvalue weighted by atomic mass is 9.84. The van der Waals surface area contributed by atoms with Gasteiger partial charge < -0.3 is 10.1 Å². The summed E-state index contributed by atoms with van der Waals surface area (Å²) in [5.41, 5.74) is -0.232. The molecule has 1 atom stereocenters. The van der Waals surface area contributed by atoms with Gasteiger partial charge in [-0.3, -0.25) is 4.79 Å². The summed E-state index contributed by atoms with van der Waals surface area (Å²) in [5.74, 6) is -2.79. The molecule has 2 rings (SSSR count). The van der Waals surface area contributed by atoms with E-state index >= 15 is 0 Å². The van der Waals surface area contributed by atoms with Crippen LogP contribution in [0.4, 0.5) is 8.78 Å². The summed E-state index contributed by atoms with van der Waals surface area (Å²) in [6, 6.07) is 1.42. The number of nitrogens with one attached hydrogen (secondary N) is 1. The van der Waals surface area contributed by atoms with Gasteiger partial charge in [0.1, 0.15) is 11.6 Å². The topological polar surface area (TPSA) is 55.4 Å². The molecule has 1 aromatic rings. The fraction of sp³-hybridized carbons (Fsp3) is 0.429. The molecule has 20 heavy (non-hydrogen) atoms. The molecular weight excluding hydrogens is 268 g/mol. The summed E-state index contributed by atoms with van der Waals surface area (Å²) in [6.07, 6.45) is 2.44. The van der Waals surface area contributed by atoms with E-state index in [4.69, 9.17) is 0 Å². The second kappa shape index (κ2) is 5.98. The highest BCUT2D eigenvalue weighted by Crippen LogP contribution is 2.28. The monoisotopic (exact) mass is 283 g/mol. The molecule has 0 bridgehead atoms. The lowest BCUT2D eigenvalue weighted by molar-refractivity contribution is -0.146. The first-order valence-corrected chi connectivity index (χ1v) is 6.36. The third kappa shape index (κ3) is 2.95. The van der Waals surface area contributed by atoms with E-state index in [0.717, 1.165) is 44.6 Å². The normalized spacial score (nSPS) is 16.1. The van der Waals surface area contributed by atoms with E-state index < -0.39 is 23.6 Å². The molecule has 0 saturated heterocycles. The van der Waals surface area contributed by atoms with Crippen LogP contribution in [0.25, 0.3) is 0 Å². The minimum Gasteiger partial charge on any atom is -0.467 e. The second-order valence-electron chi connectivity index (χ2n) is 4.76. The number of amides is 1. The third-order valence-electron chi connectivity index (χ3n) is 3.47. The van der Waals surface area contributed by atoms with Crippen molar-refractivity contribution in [1.82, 2.24) is 5.32 Å². The molecule has 1 aromatic carbocycles. The maximum absolute atomic E-state index is 13.7. The van der Waals surface area contributed by atoms with Crippen molar-refractivity contribution >= 4 is 11.9 Å². The van der Waals surface area contributed by atoms with Crippen molar-refractivity contribution < 1.29 is 23.1 Å². The number of hydrogen-bond donors (Lipinski definition) is 1. The molecule has 0 aliphatic heterocycles. The molecule has 1 saturated carbocycles. The Kier molecular flexibility index (Phi) is 4.32. The summed E-state index contributed by atoms with van der Waals surface area (Å²) >= 11 is 0. The van der Waals surface area contributed by atoms with E-state index in [1.54, 1.807) is 0 Å². The van der Waals surface area contributed by atoms with Crippen LogP contribution < -0.4 is 5.32 Å². The predicted octanol–water partition coefficient (Wildman–Crippen LogP) is 2.10. The van der Waals surface area contributed by atoms with Crippen molar-refractivity contribution in [3.8, 4) is 0 Å². The smallest absolute Gasteiger partial charge is 0.333 e. The lowest BCUT2D eigenvalue weighted by Gasteiger charge is -2.26. The number of carbonyl (C=O) groups excluding carboxylic acids is 2. The van der Waals surface area contributed by atoms with E-state index in [-0.39, 0.29) is 17.4 Å². The van der Waals surface area contributed by atoms with Crippen molar-refractivity contribution in [2.24, 2.45) is 5.92 Å². The van der Waals surface area contributed by atoms with Crippen LogP contribution in [0.1, 0.15) is 30.9 Å². The largest absolute Gasteiger partial charge is 0.467 e. The second-order valence-corrected chi connectivity index (χ2v) is 4.76. The van der Waals surface area contributed by atoms with Crippen molar-refractivity contribution in [3.63, 3.8) is 0 Å². The van der Waals surface area contributed by atoms with Gasteiger partial charge in [0, 0.05) is 11.5 Å². The summed E-state index contributed by atoms with van der Waals surface area (Å²) in [7, 11) is 1.13. The molecule has 1 N–H and O–H groups in total. The van der Waals surface area contributed by atoms with Gasteiger partial charge in [0.15, 0.2) is 6.04 Å². The van der Waals surface area contributed by atoms with E-state index in [9.17, 15) is 18.4 Å². The maximum Gasteiger partial charge on any atom is 0.333 e. The van der Waals surface area contributed by atoms with Gasteiger partial charge in [0.2, 0.25) is 5.91 Å². The van der Waals surface area contributed by atoms with Crippen LogP contribution in [-0.4, -0.2) is 19.0 Å². The van der Waals surface area contributed by atoms with Crippen LogP contribution in [0.2, 0.25) is 0 Å². The van der Waals surface area contributed by atoms with Gasteiger partial charge in [-0.1, -0.05) is 6.42 Å². The molecule has 0 radical (unpaired) electrons. The quantitative estimate of drug-likeness (QED) is 0.861. The van der Waals surface area contributed by atoms with Crippen LogP contribution in [0.3, 0.4) is 0 Å². The average molecular weight is 283 g/mol. The van der Waals surface area contributed by atoms with E-state index in [0.29, 0.717) is 0 Å². The summed E-state index contributed by atoms with van der Waals surface area (Å²) in [4.78, 5) is 23.6. The van der Waals surface area contributed by atoms with Crippen LogP contribution in [0.15, 0.2) is 18.2 Å². The minimum absolute atomic E-state index is 0.168. The number of benzene rings is 1. The first kappa shape index (κ1) is 14.4.